The summed E-state index contributed by atoms with van der Waals surface area (Å²) in [5, 5.41) is 3.35. The van der Waals surface area contributed by atoms with Crippen molar-refractivity contribution in [3.05, 3.63) is 65.2 Å². The van der Waals surface area contributed by atoms with E-state index in [1.54, 1.807) is 19.1 Å². The lowest BCUT2D eigenvalue weighted by molar-refractivity contribution is -0.149. The Morgan fingerprint density at radius 3 is 2.36 bits per heavy atom. The summed E-state index contributed by atoms with van der Waals surface area (Å²) in [5.41, 5.74) is 2.83. The number of likely N-dealkylation sites (tertiary alicyclic amines) is 1. The molecule has 0 amide bonds. The molecule has 4 rings (SSSR count). The molecule has 2 aromatic rings. The second-order valence-corrected chi connectivity index (χ2v) is 12.5. The Labute approximate surface area is 232 Å². The van der Waals surface area contributed by atoms with E-state index < -0.39 is 10.0 Å². The number of esters is 1. The minimum absolute atomic E-state index is 0.105. The predicted octanol–water partition coefficient (Wildman–Crippen LogP) is 3.96. The van der Waals surface area contributed by atoms with Gasteiger partial charge in [0, 0.05) is 31.2 Å². The highest BCUT2D eigenvalue weighted by atomic mass is 32.2. The summed E-state index contributed by atoms with van der Waals surface area (Å²) in [7, 11) is -3.77. The molecule has 1 atom stereocenters. The van der Waals surface area contributed by atoms with Gasteiger partial charge in [-0.15, -0.1) is 0 Å². The monoisotopic (exact) mass is 555 g/mol. The molecule has 8 nitrogen and oxygen atoms in total. The molecule has 212 valence electrons. The van der Waals surface area contributed by atoms with Crippen LogP contribution in [0.5, 0.6) is 0 Å². The van der Waals surface area contributed by atoms with E-state index in [9.17, 15) is 18.0 Å². The van der Waals surface area contributed by atoms with Crippen molar-refractivity contribution in [1.29, 1.82) is 0 Å². The molecule has 0 bridgehead atoms. The lowest BCUT2D eigenvalue weighted by Crippen LogP contribution is -2.40. The summed E-state index contributed by atoms with van der Waals surface area (Å²) in [5.74, 6) is -0.682. The van der Waals surface area contributed by atoms with Crippen molar-refractivity contribution >= 4 is 21.8 Å². The maximum Gasteiger partial charge on any atom is 0.309 e. The number of aryl methyl sites for hydroxylation is 1. The van der Waals surface area contributed by atoms with Crippen LogP contribution in [0.15, 0.2) is 53.4 Å². The van der Waals surface area contributed by atoms with Crippen LogP contribution in [-0.4, -0.2) is 75.3 Å². The molecule has 2 heterocycles. The molecule has 39 heavy (non-hydrogen) atoms. The van der Waals surface area contributed by atoms with Crippen LogP contribution >= 0.6 is 0 Å². The number of sulfonamides is 1. The molecule has 0 saturated carbocycles. The second-order valence-electron chi connectivity index (χ2n) is 10.5. The van der Waals surface area contributed by atoms with Crippen molar-refractivity contribution in [3.63, 3.8) is 0 Å². The summed E-state index contributed by atoms with van der Waals surface area (Å²) >= 11 is 0. The van der Waals surface area contributed by atoms with Gasteiger partial charge in [0.25, 0.3) is 0 Å². The van der Waals surface area contributed by atoms with Crippen LogP contribution in [0.3, 0.4) is 0 Å². The first kappa shape index (κ1) is 29.4. The Hall–Kier alpha value is -2.59. The molecule has 2 aliphatic heterocycles. The van der Waals surface area contributed by atoms with E-state index in [0.717, 1.165) is 13.1 Å². The van der Waals surface area contributed by atoms with Gasteiger partial charge in [0.15, 0.2) is 5.78 Å². The predicted molar refractivity (Wildman–Crippen MR) is 151 cm³/mol. The van der Waals surface area contributed by atoms with Gasteiger partial charge in [-0.2, -0.15) is 4.31 Å². The Kier molecular flexibility index (Phi) is 10.3. The summed E-state index contributed by atoms with van der Waals surface area (Å²) in [6.45, 7) is 7.53. The molecular weight excluding hydrogens is 514 g/mol. The van der Waals surface area contributed by atoms with Crippen molar-refractivity contribution in [2.24, 2.45) is 5.92 Å². The first-order valence-corrected chi connectivity index (χ1v) is 15.5. The third kappa shape index (κ3) is 7.54. The fourth-order valence-corrected chi connectivity index (χ4v) is 6.99. The number of piperidine rings is 2. The van der Waals surface area contributed by atoms with E-state index in [1.807, 2.05) is 0 Å². The van der Waals surface area contributed by atoms with Crippen molar-refractivity contribution in [1.82, 2.24) is 14.5 Å². The van der Waals surface area contributed by atoms with E-state index in [1.165, 1.54) is 46.8 Å². The molecular formula is C30H41N3O5S. The van der Waals surface area contributed by atoms with E-state index in [2.05, 4.69) is 41.4 Å². The van der Waals surface area contributed by atoms with Crippen LogP contribution < -0.4 is 5.32 Å². The number of hydrogen-bond donors (Lipinski definition) is 1. The molecule has 2 aliphatic rings. The molecule has 1 N–H and O–H groups in total. The quantitative estimate of drug-likeness (QED) is 0.331. The Morgan fingerprint density at radius 2 is 1.69 bits per heavy atom. The lowest BCUT2D eigenvalue weighted by atomic mass is 9.98. The molecule has 1 unspecified atom stereocenters. The first-order valence-electron chi connectivity index (χ1n) is 14.1. The Morgan fingerprint density at radius 1 is 1.00 bits per heavy atom. The third-order valence-corrected chi connectivity index (χ3v) is 9.68. The summed E-state index contributed by atoms with van der Waals surface area (Å²) in [6.07, 6.45) is 4.48. The lowest BCUT2D eigenvalue weighted by Gasteiger charge is -2.35. The van der Waals surface area contributed by atoms with E-state index in [0.29, 0.717) is 31.6 Å². The summed E-state index contributed by atoms with van der Waals surface area (Å²) < 4.78 is 33.1. The third-order valence-electron chi connectivity index (χ3n) is 7.78. The Bertz CT molecular complexity index is 1220. The number of benzene rings is 2. The Balaban J connectivity index is 1.37. The van der Waals surface area contributed by atoms with Crippen molar-refractivity contribution in [3.8, 4) is 0 Å². The van der Waals surface area contributed by atoms with E-state index in [-0.39, 0.29) is 48.2 Å². The van der Waals surface area contributed by atoms with Gasteiger partial charge in [0.1, 0.15) is 0 Å². The summed E-state index contributed by atoms with van der Waals surface area (Å²) in [4.78, 5) is 27.7. The molecule has 2 aromatic carbocycles. The van der Waals surface area contributed by atoms with Crippen molar-refractivity contribution < 1.29 is 22.7 Å². The van der Waals surface area contributed by atoms with Gasteiger partial charge in [-0.1, -0.05) is 48.4 Å². The van der Waals surface area contributed by atoms with Gasteiger partial charge < -0.3 is 10.1 Å². The van der Waals surface area contributed by atoms with Gasteiger partial charge in [0.2, 0.25) is 10.0 Å². The zero-order valence-electron chi connectivity index (χ0n) is 23.1. The highest BCUT2D eigenvalue weighted by Crippen LogP contribution is 2.26. The highest BCUT2D eigenvalue weighted by Gasteiger charge is 2.33. The SMILES string of the molecule is CCOC(=O)C1CCN(S(=O)(=O)c2cccc(C(=O)CNCC(c3ccc(C)cc3)N3CCCCC3)c2)CC1. The smallest absolute Gasteiger partial charge is 0.309 e. The fraction of sp³-hybridized carbons (Fsp3) is 0.533. The normalized spacial score (nSPS) is 18.5. The average molecular weight is 556 g/mol. The number of rotatable bonds is 11. The number of hydrogen-bond acceptors (Lipinski definition) is 7. The average Bonchev–Trinajstić information content (AvgIpc) is 2.96. The minimum atomic E-state index is -3.77. The standard InChI is InChI=1S/C30H41N3O5S/c1-3-38-30(35)25-14-18-33(19-15-25)39(36,37)27-9-7-8-26(20-27)29(34)22-31-21-28(32-16-5-4-6-17-32)24-12-10-23(2)11-13-24/h7-13,20,25,28,31H,3-6,14-19,21-22H2,1-2H3. The van der Waals surface area contributed by atoms with E-state index in [4.69, 9.17) is 4.74 Å². The molecule has 0 aromatic heterocycles. The molecule has 9 heteroatoms. The fourth-order valence-electron chi connectivity index (χ4n) is 5.47. The number of ether oxygens (including phenoxy) is 1. The number of ketones is 1. The van der Waals surface area contributed by atoms with Crippen LogP contribution in [0.4, 0.5) is 0 Å². The zero-order valence-corrected chi connectivity index (χ0v) is 23.9. The van der Waals surface area contributed by atoms with Gasteiger partial charge >= 0.3 is 5.97 Å². The number of Topliss-reactive ketones (excluding diaryl/α,β-unsaturated/α-hetero) is 1. The summed E-state index contributed by atoms with van der Waals surface area (Å²) in [6, 6.07) is 15.1. The number of nitrogens with one attached hydrogen (secondary N) is 1. The maximum atomic E-state index is 13.3. The van der Waals surface area contributed by atoms with Crippen LogP contribution in [0.25, 0.3) is 0 Å². The van der Waals surface area contributed by atoms with Crippen molar-refractivity contribution in [2.45, 2.75) is 56.9 Å². The van der Waals surface area contributed by atoms with E-state index >= 15 is 0 Å². The molecule has 2 fully saturated rings. The first-order chi connectivity index (χ1) is 18.8. The molecule has 0 aliphatic carbocycles. The molecule has 0 spiro atoms. The van der Waals surface area contributed by atoms with Gasteiger partial charge in [-0.25, -0.2) is 8.42 Å². The van der Waals surface area contributed by atoms with Gasteiger partial charge in [-0.3, -0.25) is 14.5 Å². The highest BCUT2D eigenvalue weighted by molar-refractivity contribution is 7.89. The van der Waals surface area contributed by atoms with Crippen LogP contribution in [-0.2, 0) is 19.6 Å². The topological polar surface area (TPSA) is 96.0 Å². The largest absolute Gasteiger partial charge is 0.466 e. The molecule has 2 saturated heterocycles. The number of carbonyl (C=O) groups is 2. The van der Waals surface area contributed by atoms with Crippen LogP contribution in [0.2, 0.25) is 0 Å². The van der Waals surface area contributed by atoms with Gasteiger partial charge in [-0.05, 0) is 70.3 Å². The minimum Gasteiger partial charge on any atom is -0.466 e. The number of nitrogens with zero attached hydrogens (tertiary/aromatic N) is 2. The van der Waals surface area contributed by atoms with Crippen LogP contribution in [0, 0.1) is 12.8 Å². The zero-order chi connectivity index (χ0) is 27.8. The molecule has 0 radical (unpaired) electrons. The number of carbonyl (C=O) groups excluding carboxylic acids is 2. The maximum absolute atomic E-state index is 13.3. The second kappa shape index (κ2) is 13.7. The van der Waals surface area contributed by atoms with Crippen molar-refractivity contribution in [2.75, 3.05) is 45.9 Å². The van der Waals surface area contributed by atoms with Gasteiger partial charge in [0.05, 0.1) is 24.0 Å². The van der Waals surface area contributed by atoms with Crippen LogP contribution in [0.1, 0.15) is 66.6 Å².